The van der Waals surface area contributed by atoms with Crippen LogP contribution in [-0.2, 0) is 11.8 Å². The first kappa shape index (κ1) is 12.3. The smallest absolute Gasteiger partial charge is 0.0410 e. The largest absolute Gasteiger partial charge is 0.398 e. The predicted molar refractivity (Wildman–Crippen MR) is 75.3 cm³/mol. The van der Waals surface area contributed by atoms with E-state index in [0.717, 1.165) is 24.2 Å². The minimum Gasteiger partial charge on any atom is -0.398 e. The Morgan fingerprint density at radius 1 is 1.35 bits per heavy atom. The van der Waals surface area contributed by atoms with Gasteiger partial charge < -0.3 is 11.5 Å². The van der Waals surface area contributed by atoms with Crippen LogP contribution in [0.1, 0.15) is 63.1 Å². The van der Waals surface area contributed by atoms with Crippen LogP contribution in [0.2, 0.25) is 0 Å². The van der Waals surface area contributed by atoms with Crippen molar-refractivity contribution in [3.8, 4) is 0 Å². The summed E-state index contributed by atoms with van der Waals surface area (Å²) in [6.07, 6.45) is 3.36. The van der Waals surface area contributed by atoms with Crippen LogP contribution in [0, 0.1) is 0 Å². The number of rotatable bonds is 2. The standard InChI is InChI=1S/C15H24N2/c1-5-9(2)12-11(16)8-10-6-7-15(3,4)13(10)14(12)17/h8-9H,5-7,16-17H2,1-4H3. The minimum atomic E-state index is 0.204. The lowest BCUT2D eigenvalue weighted by atomic mass is 9.82. The highest BCUT2D eigenvalue weighted by Gasteiger charge is 2.34. The monoisotopic (exact) mass is 232 g/mol. The van der Waals surface area contributed by atoms with Gasteiger partial charge in [0.05, 0.1) is 0 Å². The normalized spacial score (nSPS) is 19.1. The topological polar surface area (TPSA) is 52.0 Å². The Bertz CT molecular complexity index is 447. The average Bonchev–Trinajstić information content (AvgIpc) is 2.53. The summed E-state index contributed by atoms with van der Waals surface area (Å²) in [5.41, 5.74) is 18.5. The van der Waals surface area contributed by atoms with E-state index in [4.69, 9.17) is 11.5 Å². The van der Waals surface area contributed by atoms with E-state index < -0.39 is 0 Å². The van der Waals surface area contributed by atoms with E-state index in [1.165, 1.54) is 23.1 Å². The molecule has 2 heteroatoms. The molecule has 0 aromatic heterocycles. The van der Waals surface area contributed by atoms with Crippen molar-refractivity contribution in [3.05, 3.63) is 22.8 Å². The van der Waals surface area contributed by atoms with Crippen molar-refractivity contribution < 1.29 is 0 Å². The summed E-state index contributed by atoms with van der Waals surface area (Å²) >= 11 is 0. The quantitative estimate of drug-likeness (QED) is 0.766. The fourth-order valence-corrected chi connectivity index (χ4v) is 3.12. The lowest BCUT2D eigenvalue weighted by Gasteiger charge is -2.25. The Balaban J connectivity index is 2.65. The zero-order valence-electron chi connectivity index (χ0n) is 11.4. The van der Waals surface area contributed by atoms with Crippen molar-refractivity contribution in [2.75, 3.05) is 11.5 Å². The van der Waals surface area contributed by atoms with E-state index in [1.807, 2.05) is 0 Å². The number of fused-ring (bicyclic) bond motifs is 1. The molecule has 17 heavy (non-hydrogen) atoms. The molecule has 1 aliphatic rings. The summed E-state index contributed by atoms with van der Waals surface area (Å²) in [6, 6.07) is 2.15. The molecule has 0 saturated carbocycles. The molecule has 0 saturated heterocycles. The molecule has 0 aliphatic heterocycles. The number of aryl methyl sites for hydroxylation is 1. The second-order valence-corrected chi connectivity index (χ2v) is 6.02. The SMILES string of the molecule is CCC(C)c1c(N)cc2c(c1N)C(C)(C)CC2. The van der Waals surface area contributed by atoms with Crippen LogP contribution < -0.4 is 11.5 Å². The molecule has 1 aliphatic carbocycles. The third-order valence-electron chi connectivity index (χ3n) is 4.32. The number of anilines is 2. The van der Waals surface area contributed by atoms with Gasteiger partial charge in [-0.1, -0.05) is 27.7 Å². The molecule has 2 rings (SSSR count). The Hall–Kier alpha value is -1.18. The van der Waals surface area contributed by atoms with Crippen LogP contribution in [0.15, 0.2) is 6.07 Å². The number of nitrogen functional groups attached to an aromatic ring is 2. The van der Waals surface area contributed by atoms with Crippen molar-refractivity contribution in [1.29, 1.82) is 0 Å². The first-order valence-electron chi connectivity index (χ1n) is 6.59. The fourth-order valence-electron chi connectivity index (χ4n) is 3.12. The summed E-state index contributed by atoms with van der Waals surface area (Å²) in [6.45, 7) is 8.95. The molecule has 0 fully saturated rings. The van der Waals surface area contributed by atoms with Crippen LogP contribution in [0.25, 0.3) is 0 Å². The summed E-state index contributed by atoms with van der Waals surface area (Å²) in [4.78, 5) is 0. The Morgan fingerprint density at radius 2 is 2.00 bits per heavy atom. The molecular formula is C15H24N2. The molecule has 4 N–H and O–H groups in total. The van der Waals surface area contributed by atoms with Gasteiger partial charge in [0.15, 0.2) is 0 Å². The molecule has 0 heterocycles. The maximum Gasteiger partial charge on any atom is 0.0410 e. The van der Waals surface area contributed by atoms with E-state index in [1.54, 1.807) is 0 Å². The molecule has 0 radical (unpaired) electrons. The third kappa shape index (κ3) is 1.80. The molecule has 0 amide bonds. The van der Waals surface area contributed by atoms with Gasteiger partial charge in [-0.05, 0) is 47.8 Å². The van der Waals surface area contributed by atoms with Crippen LogP contribution in [0.4, 0.5) is 11.4 Å². The van der Waals surface area contributed by atoms with Crippen LogP contribution in [0.5, 0.6) is 0 Å². The summed E-state index contributed by atoms with van der Waals surface area (Å²) in [5, 5.41) is 0. The Morgan fingerprint density at radius 3 is 2.59 bits per heavy atom. The highest BCUT2D eigenvalue weighted by Crippen LogP contribution is 2.46. The van der Waals surface area contributed by atoms with Gasteiger partial charge in [0.25, 0.3) is 0 Å². The van der Waals surface area contributed by atoms with E-state index in [-0.39, 0.29) is 5.41 Å². The zero-order valence-corrected chi connectivity index (χ0v) is 11.4. The predicted octanol–water partition coefficient (Wildman–Crippen LogP) is 3.59. The molecular weight excluding hydrogens is 208 g/mol. The fraction of sp³-hybridized carbons (Fsp3) is 0.600. The molecule has 1 aromatic rings. The molecule has 1 aromatic carbocycles. The molecule has 0 bridgehead atoms. The van der Waals surface area contributed by atoms with Gasteiger partial charge in [-0.3, -0.25) is 0 Å². The molecule has 94 valence electrons. The van der Waals surface area contributed by atoms with E-state index >= 15 is 0 Å². The van der Waals surface area contributed by atoms with E-state index in [0.29, 0.717) is 5.92 Å². The lowest BCUT2D eigenvalue weighted by Crippen LogP contribution is -2.17. The number of nitrogens with two attached hydrogens (primary N) is 2. The van der Waals surface area contributed by atoms with Gasteiger partial charge in [-0.15, -0.1) is 0 Å². The summed E-state index contributed by atoms with van der Waals surface area (Å²) < 4.78 is 0. The van der Waals surface area contributed by atoms with Crippen molar-refractivity contribution in [1.82, 2.24) is 0 Å². The Kier molecular flexibility index (Phi) is 2.84. The second kappa shape index (κ2) is 3.94. The maximum atomic E-state index is 6.41. The first-order valence-corrected chi connectivity index (χ1v) is 6.59. The minimum absolute atomic E-state index is 0.204. The van der Waals surface area contributed by atoms with Gasteiger partial charge in [0.2, 0.25) is 0 Å². The van der Waals surface area contributed by atoms with Crippen molar-refractivity contribution in [3.63, 3.8) is 0 Å². The van der Waals surface area contributed by atoms with Gasteiger partial charge in [-0.2, -0.15) is 0 Å². The van der Waals surface area contributed by atoms with Gasteiger partial charge in [0.1, 0.15) is 0 Å². The zero-order chi connectivity index (χ0) is 12.8. The van der Waals surface area contributed by atoms with Crippen LogP contribution >= 0.6 is 0 Å². The molecule has 1 unspecified atom stereocenters. The second-order valence-electron chi connectivity index (χ2n) is 6.02. The molecule has 2 nitrogen and oxygen atoms in total. The van der Waals surface area contributed by atoms with Crippen molar-refractivity contribution >= 4 is 11.4 Å². The average molecular weight is 232 g/mol. The van der Waals surface area contributed by atoms with E-state index in [2.05, 4.69) is 33.8 Å². The highest BCUT2D eigenvalue weighted by atomic mass is 14.7. The first-order chi connectivity index (χ1) is 7.88. The highest BCUT2D eigenvalue weighted by molar-refractivity contribution is 5.72. The number of hydrogen-bond donors (Lipinski definition) is 2. The Labute approximate surface area is 104 Å². The lowest BCUT2D eigenvalue weighted by molar-refractivity contribution is 0.523. The number of hydrogen-bond acceptors (Lipinski definition) is 2. The third-order valence-corrected chi connectivity index (χ3v) is 4.32. The van der Waals surface area contributed by atoms with Gasteiger partial charge >= 0.3 is 0 Å². The number of benzene rings is 1. The molecule has 0 spiro atoms. The van der Waals surface area contributed by atoms with Gasteiger partial charge in [0, 0.05) is 16.9 Å². The maximum absolute atomic E-state index is 6.41. The summed E-state index contributed by atoms with van der Waals surface area (Å²) in [5.74, 6) is 0.441. The van der Waals surface area contributed by atoms with Crippen molar-refractivity contribution in [2.24, 2.45) is 0 Å². The summed E-state index contributed by atoms with van der Waals surface area (Å²) in [7, 11) is 0. The molecule has 1 atom stereocenters. The van der Waals surface area contributed by atoms with Crippen LogP contribution in [-0.4, -0.2) is 0 Å². The van der Waals surface area contributed by atoms with E-state index in [9.17, 15) is 0 Å². The van der Waals surface area contributed by atoms with Crippen LogP contribution in [0.3, 0.4) is 0 Å². The van der Waals surface area contributed by atoms with Gasteiger partial charge in [-0.25, -0.2) is 0 Å². The van der Waals surface area contributed by atoms with Crippen molar-refractivity contribution in [2.45, 2.75) is 58.3 Å².